The van der Waals surface area contributed by atoms with Gasteiger partial charge in [0.15, 0.2) is 0 Å². The molecule has 1 aromatic carbocycles. The molecule has 2 rings (SSSR count). The van der Waals surface area contributed by atoms with Crippen molar-refractivity contribution >= 4 is 11.6 Å². The quantitative estimate of drug-likeness (QED) is 0.887. The van der Waals surface area contributed by atoms with Crippen LogP contribution in [0.3, 0.4) is 0 Å². The van der Waals surface area contributed by atoms with E-state index in [2.05, 4.69) is 5.32 Å². The molecule has 4 heteroatoms. The minimum atomic E-state index is -0.378. The number of rotatable bonds is 5. The van der Waals surface area contributed by atoms with Gasteiger partial charge in [0.1, 0.15) is 5.82 Å². The molecular formula is C14H15ClFNO. The average molecular weight is 268 g/mol. The zero-order valence-corrected chi connectivity index (χ0v) is 10.9. The fourth-order valence-electron chi connectivity index (χ4n) is 1.93. The van der Waals surface area contributed by atoms with Crippen molar-refractivity contribution in [2.45, 2.75) is 19.4 Å². The first-order valence-corrected chi connectivity index (χ1v) is 6.28. The van der Waals surface area contributed by atoms with Crippen molar-refractivity contribution in [2.24, 2.45) is 0 Å². The number of nitrogens with one attached hydrogen (secondary N) is 1. The smallest absolute Gasteiger partial charge is 0.142 e. The zero-order valence-electron chi connectivity index (χ0n) is 10.1. The lowest BCUT2D eigenvalue weighted by atomic mass is 10.0. The van der Waals surface area contributed by atoms with Crippen LogP contribution in [0.4, 0.5) is 4.39 Å². The first-order chi connectivity index (χ1) is 8.70. The highest BCUT2D eigenvalue weighted by Gasteiger charge is 2.13. The summed E-state index contributed by atoms with van der Waals surface area (Å²) in [5.41, 5.74) is 1.97. The summed E-state index contributed by atoms with van der Waals surface area (Å²) in [5, 5.41) is 3.51. The molecule has 2 aromatic rings. The summed E-state index contributed by atoms with van der Waals surface area (Å²) in [4.78, 5) is 0. The van der Waals surface area contributed by atoms with Crippen LogP contribution < -0.4 is 5.32 Å². The molecule has 0 saturated carbocycles. The molecule has 96 valence electrons. The van der Waals surface area contributed by atoms with Crippen LogP contribution in [0, 0.1) is 5.82 Å². The van der Waals surface area contributed by atoms with Crippen LogP contribution in [-0.4, -0.2) is 6.54 Å². The Morgan fingerprint density at radius 3 is 2.83 bits per heavy atom. The number of likely N-dealkylation sites (N-methyl/N-ethyl adjacent to an activating group) is 1. The monoisotopic (exact) mass is 267 g/mol. The van der Waals surface area contributed by atoms with Gasteiger partial charge >= 0.3 is 0 Å². The second-order valence-electron chi connectivity index (χ2n) is 4.12. The van der Waals surface area contributed by atoms with Gasteiger partial charge in [0, 0.05) is 11.6 Å². The Balaban J connectivity index is 2.16. The van der Waals surface area contributed by atoms with Crippen LogP contribution in [0.5, 0.6) is 0 Å². The Labute approximate surface area is 111 Å². The molecule has 18 heavy (non-hydrogen) atoms. The molecule has 0 spiro atoms. The molecule has 0 aliphatic heterocycles. The van der Waals surface area contributed by atoms with Crippen LogP contribution in [0.25, 0.3) is 0 Å². The minimum Gasteiger partial charge on any atom is -0.472 e. The molecule has 0 aliphatic rings. The third-order valence-electron chi connectivity index (χ3n) is 2.82. The summed E-state index contributed by atoms with van der Waals surface area (Å²) in [5.74, 6) is -0.378. The van der Waals surface area contributed by atoms with Crippen molar-refractivity contribution in [1.29, 1.82) is 0 Å². The van der Waals surface area contributed by atoms with Crippen molar-refractivity contribution < 1.29 is 8.81 Å². The molecule has 0 bridgehead atoms. The fraction of sp³-hybridized carbons (Fsp3) is 0.286. The predicted molar refractivity (Wildman–Crippen MR) is 70.2 cm³/mol. The van der Waals surface area contributed by atoms with E-state index in [-0.39, 0.29) is 16.9 Å². The van der Waals surface area contributed by atoms with E-state index < -0.39 is 0 Å². The van der Waals surface area contributed by atoms with E-state index in [0.29, 0.717) is 6.42 Å². The molecule has 0 fully saturated rings. The fourth-order valence-corrected chi connectivity index (χ4v) is 2.05. The van der Waals surface area contributed by atoms with Crippen molar-refractivity contribution in [3.05, 3.63) is 58.8 Å². The minimum absolute atomic E-state index is 0.120. The molecule has 0 saturated heterocycles. The SMILES string of the molecule is CCNC(Cc1ccc(Cl)c(F)c1)c1ccoc1. The first-order valence-electron chi connectivity index (χ1n) is 5.90. The highest BCUT2D eigenvalue weighted by atomic mass is 35.5. The second-order valence-corrected chi connectivity index (χ2v) is 4.53. The van der Waals surface area contributed by atoms with E-state index in [4.69, 9.17) is 16.0 Å². The molecule has 1 heterocycles. The number of hydrogen-bond acceptors (Lipinski definition) is 2. The van der Waals surface area contributed by atoms with E-state index in [1.165, 1.54) is 6.07 Å². The van der Waals surface area contributed by atoms with Crippen molar-refractivity contribution in [1.82, 2.24) is 5.32 Å². The summed E-state index contributed by atoms with van der Waals surface area (Å²) in [6.07, 6.45) is 4.04. The molecule has 1 unspecified atom stereocenters. The summed E-state index contributed by atoms with van der Waals surface area (Å²) in [6.45, 7) is 2.88. The Hall–Kier alpha value is -1.32. The zero-order chi connectivity index (χ0) is 13.0. The largest absolute Gasteiger partial charge is 0.472 e. The summed E-state index contributed by atoms with van der Waals surface area (Å²) >= 11 is 5.67. The van der Waals surface area contributed by atoms with Gasteiger partial charge in [-0.25, -0.2) is 4.39 Å². The maximum Gasteiger partial charge on any atom is 0.142 e. The van der Waals surface area contributed by atoms with Crippen LogP contribution in [0.15, 0.2) is 41.2 Å². The van der Waals surface area contributed by atoms with Gasteiger partial charge in [-0.05, 0) is 36.7 Å². The van der Waals surface area contributed by atoms with Crippen molar-refractivity contribution in [3.63, 3.8) is 0 Å². The predicted octanol–water partition coefficient (Wildman–Crippen LogP) is 3.97. The van der Waals surface area contributed by atoms with Crippen LogP contribution in [-0.2, 0) is 6.42 Å². The number of furan rings is 1. The Bertz CT molecular complexity index is 499. The van der Waals surface area contributed by atoms with Crippen molar-refractivity contribution in [3.8, 4) is 0 Å². The molecule has 0 aliphatic carbocycles. The lowest BCUT2D eigenvalue weighted by molar-refractivity contribution is 0.523. The molecule has 2 nitrogen and oxygen atoms in total. The highest BCUT2D eigenvalue weighted by Crippen LogP contribution is 2.22. The van der Waals surface area contributed by atoms with E-state index >= 15 is 0 Å². The van der Waals surface area contributed by atoms with Gasteiger partial charge in [-0.15, -0.1) is 0 Å². The topological polar surface area (TPSA) is 25.2 Å². The number of benzene rings is 1. The van der Waals surface area contributed by atoms with Crippen LogP contribution in [0.1, 0.15) is 24.1 Å². The summed E-state index contributed by atoms with van der Waals surface area (Å²) in [6, 6.07) is 6.95. The van der Waals surface area contributed by atoms with Gasteiger partial charge in [0.05, 0.1) is 17.5 Å². The normalized spacial score (nSPS) is 12.6. The second kappa shape index (κ2) is 6.03. The molecule has 1 N–H and O–H groups in total. The van der Waals surface area contributed by atoms with E-state index in [1.807, 2.05) is 19.1 Å². The van der Waals surface area contributed by atoms with Gasteiger partial charge in [0.2, 0.25) is 0 Å². The Kier molecular flexibility index (Phi) is 4.39. The maximum atomic E-state index is 13.4. The Morgan fingerprint density at radius 2 is 2.22 bits per heavy atom. The average Bonchev–Trinajstić information content (AvgIpc) is 2.87. The molecule has 0 amide bonds. The van der Waals surface area contributed by atoms with E-state index in [1.54, 1.807) is 18.6 Å². The third kappa shape index (κ3) is 3.12. The lowest BCUT2D eigenvalue weighted by Gasteiger charge is -2.16. The van der Waals surface area contributed by atoms with Gasteiger partial charge in [-0.3, -0.25) is 0 Å². The first kappa shape index (κ1) is 13.1. The van der Waals surface area contributed by atoms with Gasteiger partial charge in [0.25, 0.3) is 0 Å². The number of hydrogen-bond donors (Lipinski definition) is 1. The van der Waals surface area contributed by atoms with Gasteiger partial charge in [-0.2, -0.15) is 0 Å². The lowest BCUT2D eigenvalue weighted by Crippen LogP contribution is -2.22. The molecule has 1 atom stereocenters. The summed E-state index contributed by atoms with van der Waals surface area (Å²) in [7, 11) is 0. The van der Waals surface area contributed by atoms with E-state index in [0.717, 1.165) is 17.7 Å². The van der Waals surface area contributed by atoms with Gasteiger partial charge < -0.3 is 9.73 Å². The van der Waals surface area contributed by atoms with Crippen molar-refractivity contribution in [2.75, 3.05) is 6.54 Å². The standard InChI is InChI=1S/C14H15ClFNO/c1-2-17-14(11-5-6-18-9-11)8-10-3-4-12(15)13(16)7-10/h3-7,9,14,17H,2,8H2,1H3. The van der Waals surface area contributed by atoms with Crippen LogP contribution >= 0.6 is 11.6 Å². The van der Waals surface area contributed by atoms with Gasteiger partial charge in [-0.1, -0.05) is 24.6 Å². The maximum absolute atomic E-state index is 13.4. The van der Waals surface area contributed by atoms with E-state index in [9.17, 15) is 4.39 Å². The molecule has 0 radical (unpaired) electrons. The highest BCUT2D eigenvalue weighted by molar-refractivity contribution is 6.30. The summed E-state index contributed by atoms with van der Waals surface area (Å²) < 4.78 is 18.5. The Morgan fingerprint density at radius 1 is 1.39 bits per heavy atom. The van der Waals surface area contributed by atoms with Crippen LogP contribution in [0.2, 0.25) is 5.02 Å². The molecule has 1 aromatic heterocycles. The number of halogens is 2. The third-order valence-corrected chi connectivity index (χ3v) is 3.13. The molecular weight excluding hydrogens is 253 g/mol.